The maximum Gasteiger partial charge on any atom is 0.303 e. The number of hydrogen-bond acceptors (Lipinski definition) is 2. The van der Waals surface area contributed by atoms with Gasteiger partial charge in [0.2, 0.25) is 0 Å². The highest BCUT2D eigenvalue weighted by molar-refractivity contribution is 5.67. The van der Waals surface area contributed by atoms with E-state index in [4.69, 9.17) is 5.11 Å². The van der Waals surface area contributed by atoms with Gasteiger partial charge in [-0.3, -0.25) is 4.79 Å². The minimum atomic E-state index is -0.673. The Morgan fingerprint density at radius 1 is 1.40 bits per heavy atom. The molecule has 0 radical (unpaired) electrons. The lowest BCUT2D eigenvalue weighted by molar-refractivity contribution is -0.139. The predicted octanol–water partition coefficient (Wildman–Crippen LogP) is 2.22. The summed E-state index contributed by atoms with van der Waals surface area (Å²) in [5, 5.41) is 8.81. The molecule has 0 aromatic rings. The maximum atomic E-state index is 10.7. The molecule has 15 heavy (non-hydrogen) atoms. The summed E-state index contributed by atoms with van der Waals surface area (Å²) in [6, 6.07) is 0. The van der Waals surface area contributed by atoms with Crippen molar-refractivity contribution in [1.82, 2.24) is 4.90 Å². The Kier molecular flexibility index (Phi) is 4.14. The van der Waals surface area contributed by atoms with Crippen LogP contribution in [-0.4, -0.2) is 36.1 Å². The van der Waals surface area contributed by atoms with E-state index in [0.29, 0.717) is 6.42 Å². The summed E-state index contributed by atoms with van der Waals surface area (Å²) in [4.78, 5) is 13.0. The third-order valence-electron chi connectivity index (χ3n) is 3.31. The van der Waals surface area contributed by atoms with E-state index in [1.165, 1.54) is 12.8 Å². The Morgan fingerprint density at radius 2 is 1.93 bits per heavy atom. The van der Waals surface area contributed by atoms with Crippen LogP contribution in [0.15, 0.2) is 0 Å². The molecule has 0 bridgehead atoms. The molecular formula is C12H23NO2. The summed E-state index contributed by atoms with van der Waals surface area (Å²) in [7, 11) is 2.15. The third kappa shape index (κ3) is 4.65. The molecule has 0 amide bonds. The summed E-state index contributed by atoms with van der Waals surface area (Å²) >= 11 is 0. The number of nitrogens with zero attached hydrogens (tertiary/aromatic N) is 1. The zero-order valence-electron chi connectivity index (χ0n) is 10.1. The molecule has 1 N–H and O–H groups in total. The van der Waals surface area contributed by atoms with Gasteiger partial charge in [-0.05, 0) is 50.7 Å². The molecule has 1 saturated heterocycles. The number of carboxylic acids is 1. The van der Waals surface area contributed by atoms with E-state index in [0.717, 1.165) is 25.4 Å². The quantitative estimate of drug-likeness (QED) is 0.778. The fraction of sp³-hybridized carbons (Fsp3) is 0.917. The zero-order chi connectivity index (χ0) is 11.5. The molecule has 0 aromatic heterocycles. The van der Waals surface area contributed by atoms with Crippen LogP contribution in [0.3, 0.4) is 0 Å². The Labute approximate surface area is 92.5 Å². The SMILES string of the molecule is CN1CCC(CC(C)(C)CC(=O)O)CC1. The number of carbonyl (C=O) groups is 1. The molecule has 0 aliphatic carbocycles. The van der Waals surface area contributed by atoms with E-state index in [9.17, 15) is 4.79 Å². The number of carboxylic acid groups (broad SMARTS) is 1. The molecule has 1 heterocycles. The van der Waals surface area contributed by atoms with Crippen molar-refractivity contribution in [2.45, 2.75) is 39.5 Å². The van der Waals surface area contributed by atoms with Crippen molar-refractivity contribution in [1.29, 1.82) is 0 Å². The molecular weight excluding hydrogens is 190 g/mol. The van der Waals surface area contributed by atoms with Crippen LogP contribution in [-0.2, 0) is 4.79 Å². The second-order valence-corrected chi connectivity index (χ2v) is 5.69. The normalized spacial score (nSPS) is 20.5. The first-order valence-electron chi connectivity index (χ1n) is 5.79. The first-order valence-corrected chi connectivity index (χ1v) is 5.79. The van der Waals surface area contributed by atoms with Gasteiger partial charge in [-0.15, -0.1) is 0 Å². The van der Waals surface area contributed by atoms with Gasteiger partial charge in [0, 0.05) is 0 Å². The lowest BCUT2D eigenvalue weighted by Gasteiger charge is -2.34. The van der Waals surface area contributed by atoms with E-state index in [1.54, 1.807) is 0 Å². The highest BCUT2D eigenvalue weighted by Gasteiger charge is 2.27. The van der Waals surface area contributed by atoms with E-state index in [-0.39, 0.29) is 5.41 Å². The summed E-state index contributed by atoms with van der Waals surface area (Å²) < 4.78 is 0. The molecule has 0 saturated carbocycles. The molecule has 0 aromatic carbocycles. The molecule has 3 nitrogen and oxygen atoms in total. The second-order valence-electron chi connectivity index (χ2n) is 5.69. The highest BCUT2D eigenvalue weighted by atomic mass is 16.4. The number of rotatable bonds is 4. The molecule has 1 rings (SSSR count). The minimum Gasteiger partial charge on any atom is -0.481 e. The van der Waals surface area contributed by atoms with Crippen LogP contribution in [0.2, 0.25) is 0 Å². The van der Waals surface area contributed by atoms with Gasteiger partial charge in [0.15, 0.2) is 0 Å². The molecule has 0 spiro atoms. The minimum absolute atomic E-state index is 0.0492. The lowest BCUT2D eigenvalue weighted by atomic mass is 9.77. The molecule has 1 aliphatic rings. The smallest absolute Gasteiger partial charge is 0.303 e. The van der Waals surface area contributed by atoms with Crippen LogP contribution in [0, 0.1) is 11.3 Å². The maximum absolute atomic E-state index is 10.7. The van der Waals surface area contributed by atoms with Gasteiger partial charge in [-0.1, -0.05) is 13.8 Å². The lowest BCUT2D eigenvalue weighted by Crippen LogP contribution is -2.32. The molecule has 1 aliphatic heterocycles. The predicted molar refractivity (Wildman–Crippen MR) is 60.9 cm³/mol. The largest absolute Gasteiger partial charge is 0.481 e. The highest BCUT2D eigenvalue weighted by Crippen LogP contribution is 2.33. The van der Waals surface area contributed by atoms with Crippen LogP contribution < -0.4 is 0 Å². The summed E-state index contributed by atoms with van der Waals surface area (Å²) in [6.07, 6.45) is 3.78. The number of hydrogen-bond donors (Lipinski definition) is 1. The summed E-state index contributed by atoms with van der Waals surface area (Å²) in [6.45, 7) is 6.46. The van der Waals surface area contributed by atoms with Gasteiger partial charge in [0.05, 0.1) is 6.42 Å². The Morgan fingerprint density at radius 3 is 2.40 bits per heavy atom. The monoisotopic (exact) mass is 213 g/mol. The standard InChI is InChI=1S/C12H23NO2/c1-12(2,9-11(14)15)8-10-4-6-13(3)7-5-10/h10H,4-9H2,1-3H3,(H,14,15). The van der Waals surface area contributed by atoms with Crippen molar-refractivity contribution in [3.63, 3.8) is 0 Å². The molecule has 0 unspecified atom stereocenters. The van der Waals surface area contributed by atoms with Crippen molar-refractivity contribution in [3.05, 3.63) is 0 Å². The molecule has 3 heteroatoms. The first-order chi connectivity index (χ1) is 6.89. The second kappa shape index (κ2) is 4.97. The first kappa shape index (κ1) is 12.5. The van der Waals surface area contributed by atoms with Gasteiger partial charge in [0.25, 0.3) is 0 Å². The summed E-state index contributed by atoms with van der Waals surface area (Å²) in [5.74, 6) is 0.0449. The number of aliphatic carboxylic acids is 1. The molecule has 0 atom stereocenters. The molecule has 1 fully saturated rings. The number of piperidine rings is 1. The Hall–Kier alpha value is -0.570. The fourth-order valence-corrected chi connectivity index (χ4v) is 2.53. The fourth-order valence-electron chi connectivity index (χ4n) is 2.53. The third-order valence-corrected chi connectivity index (χ3v) is 3.31. The number of likely N-dealkylation sites (tertiary alicyclic amines) is 1. The average Bonchev–Trinajstić information content (AvgIpc) is 2.06. The van der Waals surface area contributed by atoms with Gasteiger partial charge < -0.3 is 10.0 Å². The van der Waals surface area contributed by atoms with E-state index < -0.39 is 5.97 Å². The zero-order valence-corrected chi connectivity index (χ0v) is 10.1. The molecule has 88 valence electrons. The van der Waals surface area contributed by atoms with Gasteiger partial charge in [-0.2, -0.15) is 0 Å². The Balaban J connectivity index is 2.36. The van der Waals surface area contributed by atoms with Crippen LogP contribution in [0.5, 0.6) is 0 Å². The Bertz CT molecular complexity index is 218. The van der Waals surface area contributed by atoms with Crippen molar-refractivity contribution in [3.8, 4) is 0 Å². The summed E-state index contributed by atoms with van der Waals surface area (Å²) in [5.41, 5.74) is -0.0492. The van der Waals surface area contributed by atoms with Crippen LogP contribution in [0.4, 0.5) is 0 Å². The van der Waals surface area contributed by atoms with Gasteiger partial charge in [-0.25, -0.2) is 0 Å². The van der Waals surface area contributed by atoms with Crippen LogP contribution in [0.1, 0.15) is 39.5 Å². The van der Waals surface area contributed by atoms with Crippen molar-refractivity contribution in [2.75, 3.05) is 20.1 Å². The van der Waals surface area contributed by atoms with Crippen molar-refractivity contribution in [2.24, 2.45) is 11.3 Å². The van der Waals surface area contributed by atoms with E-state index in [2.05, 4.69) is 25.8 Å². The van der Waals surface area contributed by atoms with E-state index >= 15 is 0 Å². The van der Waals surface area contributed by atoms with Gasteiger partial charge >= 0.3 is 5.97 Å². The topological polar surface area (TPSA) is 40.5 Å². The van der Waals surface area contributed by atoms with Crippen LogP contribution >= 0.6 is 0 Å². The van der Waals surface area contributed by atoms with Crippen molar-refractivity contribution < 1.29 is 9.90 Å². The van der Waals surface area contributed by atoms with Gasteiger partial charge in [0.1, 0.15) is 0 Å². The average molecular weight is 213 g/mol. The van der Waals surface area contributed by atoms with Crippen LogP contribution in [0.25, 0.3) is 0 Å². The van der Waals surface area contributed by atoms with E-state index in [1.807, 2.05) is 0 Å². The van der Waals surface area contributed by atoms with Crippen molar-refractivity contribution >= 4 is 5.97 Å².